The normalized spacial score (nSPS) is 4.31. The minimum absolute atomic E-state index is 0. The van der Waals surface area contributed by atoms with E-state index in [1.807, 2.05) is 0 Å². The molecule has 0 aromatic heterocycles. The Morgan fingerprint density at radius 2 is 1.08 bits per heavy atom. The first-order valence-corrected chi connectivity index (χ1v) is 1.47. The average molecular weight is 376 g/mol. The Morgan fingerprint density at radius 3 is 1.08 bits per heavy atom. The molecule has 0 aliphatic rings. The van der Waals surface area contributed by atoms with Crippen LogP contribution in [0.25, 0.3) is 0 Å². The molecule has 0 unspecified atom stereocenters. The van der Waals surface area contributed by atoms with Crippen molar-refractivity contribution in [3.05, 3.63) is 32.4 Å². The summed E-state index contributed by atoms with van der Waals surface area (Å²) in [7, 11) is 0. The predicted molar refractivity (Wildman–Crippen MR) is 43.7 cm³/mol. The summed E-state index contributed by atoms with van der Waals surface area (Å²) in [5.74, 6) is -3.65. The number of aliphatic carboxylic acids is 2. The van der Waals surface area contributed by atoms with Gasteiger partial charge in [-0.15, -0.1) is 5.34 Å². The maximum absolute atomic E-state index is 9.10. The summed E-state index contributed by atoms with van der Waals surface area (Å²) in [6.45, 7) is 0. The molecule has 8 heteroatoms. The Balaban J connectivity index is -0.0000000160. The van der Waals surface area contributed by atoms with Crippen molar-refractivity contribution in [2.24, 2.45) is 5.34 Å². The van der Waals surface area contributed by atoms with Gasteiger partial charge in [0.15, 0.2) is 0 Å². The van der Waals surface area contributed by atoms with E-state index in [1.54, 1.807) is 0 Å². The summed E-state index contributed by atoms with van der Waals surface area (Å²) in [4.78, 5) is 26.2. The molecule has 0 aliphatic carbocycles. The summed E-state index contributed by atoms with van der Waals surface area (Å²) in [5, 5.41) is 23.8. The van der Waals surface area contributed by atoms with E-state index in [2.05, 4.69) is 0 Å². The van der Waals surface area contributed by atoms with Gasteiger partial charge in [0.05, 0.1) is 0 Å². The molecule has 0 spiro atoms. The van der Waals surface area contributed by atoms with Crippen LogP contribution in [0.15, 0.2) is 5.34 Å². The zero-order valence-electron chi connectivity index (χ0n) is 7.29. The Morgan fingerprint density at radius 1 is 1.00 bits per heavy atom. The second-order valence-electron chi connectivity index (χ2n) is 0.685. The molecule has 0 saturated carbocycles. The van der Waals surface area contributed by atoms with Gasteiger partial charge >= 0.3 is 11.9 Å². The number of nitrogens with zero attached hydrogens (tertiary/aromatic N) is 1. The molecule has 0 rings (SSSR count). The molecular weight excluding hydrogens is 365 g/mol. The fourth-order valence-corrected chi connectivity index (χ4v) is 0. The van der Waals surface area contributed by atoms with Gasteiger partial charge in [-0.05, 0) is 0 Å². The van der Waals surface area contributed by atoms with Crippen molar-refractivity contribution in [2.75, 3.05) is 0 Å². The van der Waals surface area contributed by atoms with E-state index in [4.69, 9.17) is 29.9 Å². The van der Waals surface area contributed by atoms with Gasteiger partial charge in [0.25, 0.3) is 0 Å². The molecule has 0 heterocycles. The quantitative estimate of drug-likeness (QED) is 0.278. The van der Waals surface area contributed by atoms with Gasteiger partial charge in [0, 0.05) is 21.1 Å². The molecular formula is C5H11NO6Pt-4. The van der Waals surface area contributed by atoms with Crippen molar-refractivity contribution in [2.45, 2.75) is 0 Å². The van der Waals surface area contributed by atoms with Crippen molar-refractivity contribution in [1.29, 1.82) is 0 Å². The van der Waals surface area contributed by atoms with Crippen LogP contribution in [0.5, 0.6) is 0 Å². The molecule has 86 valence electrons. The maximum atomic E-state index is 9.10. The van der Waals surface area contributed by atoms with Crippen LogP contribution < -0.4 is 0 Å². The second-order valence-corrected chi connectivity index (χ2v) is 0.685. The van der Waals surface area contributed by atoms with Crippen LogP contribution in [0.4, 0.5) is 0 Å². The van der Waals surface area contributed by atoms with Gasteiger partial charge in [-0.3, -0.25) is 0 Å². The van der Waals surface area contributed by atoms with E-state index in [9.17, 15) is 0 Å². The van der Waals surface area contributed by atoms with Gasteiger partial charge in [-0.2, -0.15) is 0 Å². The number of carbonyl (C=O) groups is 2. The van der Waals surface area contributed by atoms with Crippen LogP contribution in [0.2, 0.25) is 0 Å². The van der Waals surface area contributed by atoms with E-state index >= 15 is 0 Å². The first-order chi connectivity index (χ1) is 4.06. The second kappa shape index (κ2) is 30.5. The van der Waals surface area contributed by atoms with Crippen molar-refractivity contribution in [3.8, 4) is 0 Å². The van der Waals surface area contributed by atoms with E-state index < -0.39 is 11.9 Å². The minimum Gasteiger partial charge on any atom is -0.473 e. The summed E-state index contributed by atoms with van der Waals surface area (Å²) in [6, 6.07) is 0. The van der Waals surface area contributed by atoms with Crippen LogP contribution in [0.3, 0.4) is 0 Å². The van der Waals surface area contributed by atoms with Crippen LogP contribution in [0.1, 0.15) is 0 Å². The smallest absolute Gasteiger partial charge is 0.414 e. The van der Waals surface area contributed by atoms with Gasteiger partial charge in [0.2, 0.25) is 0 Å². The minimum atomic E-state index is -1.82. The Bertz CT molecular complexity index is 116. The molecule has 0 aliphatic heterocycles. The summed E-state index contributed by atoms with van der Waals surface area (Å²) in [6.07, 6.45) is 0. The molecule has 0 fully saturated rings. The third-order valence-corrected chi connectivity index (χ3v) is 0.183. The first kappa shape index (κ1) is 40.3. The molecule has 0 radical (unpaired) electrons. The fourth-order valence-electron chi connectivity index (χ4n) is 0. The number of rotatable bonds is 0. The largest absolute Gasteiger partial charge is 0.473 e. The van der Waals surface area contributed by atoms with Gasteiger partial charge in [-0.25, -0.2) is 9.59 Å². The van der Waals surface area contributed by atoms with Crippen molar-refractivity contribution in [3.63, 3.8) is 0 Å². The van der Waals surface area contributed by atoms with E-state index in [0.29, 0.717) is 0 Å². The number of carboxylic acids is 2. The first-order valence-electron chi connectivity index (χ1n) is 1.47. The molecule has 0 aromatic carbocycles. The average Bonchev–Trinajstić information content (AvgIpc) is 1.68. The molecule has 0 bridgehead atoms. The zero-order chi connectivity index (χ0) is 7.86. The van der Waals surface area contributed by atoms with Crippen LogP contribution in [-0.4, -0.2) is 22.2 Å². The third-order valence-electron chi connectivity index (χ3n) is 0.183. The monoisotopic (exact) mass is 376 g/mol. The summed E-state index contributed by atoms with van der Waals surface area (Å²) in [5.41, 5.74) is 0. The van der Waals surface area contributed by atoms with E-state index in [0.717, 1.165) is 5.34 Å². The van der Waals surface area contributed by atoms with Crippen molar-refractivity contribution >= 4 is 11.9 Å². The molecule has 13 heavy (non-hydrogen) atoms. The predicted octanol–water partition coefficient (Wildman–Crippen LogP) is 0.755. The topological polar surface area (TPSA) is 127 Å². The van der Waals surface area contributed by atoms with E-state index in [1.165, 1.54) is 0 Å². The van der Waals surface area contributed by atoms with E-state index in [-0.39, 0.29) is 43.3 Å². The van der Waals surface area contributed by atoms with Crippen LogP contribution in [-0.2, 0) is 30.7 Å². The fraction of sp³-hybridized carbons (Fsp3) is 0. The Hall–Kier alpha value is -0.972. The van der Waals surface area contributed by atoms with Crippen LogP contribution >= 0.6 is 0 Å². The number of carboxylic acid groups (broad SMARTS) is 2. The van der Waals surface area contributed by atoms with Crippen molar-refractivity contribution < 1.29 is 40.9 Å². The Labute approximate surface area is 91.0 Å². The molecule has 0 amide bonds. The molecule has 7 nitrogen and oxygen atoms in total. The molecule has 0 atom stereocenters. The maximum Gasteiger partial charge on any atom is 0.414 e. The SMILES string of the molecule is O=C(O)C(=O)O.O=N[O-].[CH3-].[CH3-].[CH3-].[Pt]. The molecule has 0 saturated heterocycles. The van der Waals surface area contributed by atoms with Crippen LogP contribution in [0, 0.1) is 32.4 Å². The Kier molecular flexibility index (Phi) is 94.5. The van der Waals surface area contributed by atoms with Gasteiger partial charge < -0.3 is 42.6 Å². The summed E-state index contributed by atoms with van der Waals surface area (Å²) < 4.78 is 0. The van der Waals surface area contributed by atoms with Crippen molar-refractivity contribution in [1.82, 2.24) is 0 Å². The molecule has 0 aromatic rings. The zero-order valence-corrected chi connectivity index (χ0v) is 9.56. The number of hydrogen-bond donors (Lipinski definition) is 2. The summed E-state index contributed by atoms with van der Waals surface area (Å²) >= 11 is 0. The third kappa shape index (κ3) is 98.0. The number of hydrogen-bond acceptors (Lipinski definition) is 5. The van der Waals surface area contributed by atoms with Gasteiger partial charge in [-0.1, -0.05) is 0 Å². The van der Waals surface area contributed by atoms with Gasteiger partial charge in [0.1, 0.15) is 0 Å². The molecule has 2 N–H and O–H groups in total. The standard InChI is InChI=1S/C2H2O4.3CH3.HNO2.Pt/c3-1(4)2(5)6;;;;2-1-3;/h(H,3,4)(H,5,6);3*1H3;(H,2,3);/q;3*-1;;/p-1.